The van der Waals surface area contributed by atoms with Crippen LogP contribution in [-0.4, -0.2) is 23.0 Å². The van der Waals surface area contributed by atoms with Crippen molar-refractivity contribution in [2.24, 2.45) is 0 Å². The van der Waals surface area contributed by atoms with E-state index in [1.54, 1.807) is 0 Å². The smallest absolute Gasteiger partial charge is 0.416 e. The van der Waals surface area contributed by atoms with Crippen LogP contribution < -0.4 is 5.32 Å². The number of rotatable bonds is 5. The molecule has 1 atom stereocenters. The molecule has 0 aliphatic carbocycles. The van der Waals surface area contributed by atoms with Gasteiger partial charge in [0.25, 0.3) is 5.91 Å². The number of nitrogens with one attached hydrogen (secondary N) is 1. The molecule has 0 aliphatic rings. The van der Waals surface area contributed by atoms with E-state index in [0.717, 1.165) is 12.1 Å². The molecular formula is C18H13F3N2O3. The second-order valence-electron chi connectivity index (χ2n) is 5.45. The summed E-state index contributed by atoms with van der Waals surface area (Å²) in [5.74, 6) is -1.97. The second-order valence-corrected chi connectivity index (χ2v) is 5.45. The van der Waals surface area contributed by atoms with Gasteiger partial charge in [0.2, 0.25) is 0 Å². The monoisotopic (exact) mass is 362 g/mol. The quantitative estimate of drug-likeness (QED) is 0.856. The topological polar surface area (TPSA) is 90.2 Å². The van der Waals surface area contributed by atoms with Gasteiger partial charge in [-0.15, -0.1) is 0 Å². The van der Waals surface area contributed by atoms with Crippen LogP contribution in [0, 0.1) is 11.3 Å². The van der Waals surface area contributed by atoms with Gasteiger partial charge in [0.1, 0.15) is 6.04 Å². The van der Waals surface area contributed by atoms with Crippen LogP contribution in [-0.2, 0) is 17.4 Å². The molecule has 8 heteroatoms. The average Bonchev–Trinajstić information content (AvgIpc) is 2.60. The summed E-state index contributed by atoms with van der Waals surface area (Å²) in [5, 5.41) is 20.3. The van der Waals surface area contributed by atoms with E-state index in [1.807, 2.05) is 6.07 Å². The zero-order chi connectivity index (χ0) is 19.3. The summed E-state index contributed by atoms with van der Waals surface area (Å²) in [7, 11) is 0. The van der Waals surface area contributed by atoms with Gasteiger partial charge in [-0.2, -0.15) is 18.4 Å². The first-order chi connectivity index (χ1) is 12.2. The number of alkyl halides is 3. The van der Waals surface area contributed by atoms with Crippen LogP contribution in [0.3, 0.4) is 0 Å². The SMILES string of the molecule is N#Cc1ccc(C(=O)N[C@@H](Cc2ccc(C(F)(F)F)cc2)C(=O)O)cc1. The van der Waals surface area contributed by atoms with Crippen LogP contribution in [0.15, 0.2) is 48.5 Å². The third-order valence-electron chi connectivity index (χ3n) is 3.60. The minimum atomic E-state index is -4.48. The first kappa shape index (κ1) is 19.0. The maximum Gasteiger partial charge on any atom is 0.416 e. The van der Waals surface area contributed by atoms with Crippen molar-refractivity contribution in [3.05, 3.63) is 70.8 Å². The molecule has 0 radical (unpaired) electrons. The molecule has 0 aliphatic heterocycles. The molecule has 26 heavy (non-hydrogen) atoms. The number of hydrogen-bond acceptors (Lipinski definition) is 3. The van der Waals surface area contributed by atoms with E-state index in [2.05, 4.69) is 5.32 Å². The number of amides is 1. The van der Waals surface area contributed by atoms with Crippen LogP contribution in [0.5, 0.6) is 0 Å². The van der Waals surface area contributed by atoms with E-state index in [1.165, 1.54) is 36.4 Å². The van der Waals surface area contributed by atoms with Gasteiger partial charge in [0.15, 0.2) is 0 Å². The Balaban J connectivity index is 2.10. The lowest BCUT2D eigenvalue weighted by molar-refractivity contribution is -0.139. The van der Waals surface area contributed by atoms with E-state index in [0.29, 0.717) is 11.1 Å². The number of carboxylic acids is 1. The first-order valence-corrected chi connectivity index (χ1v) is 7.40. The van der Waals surface area contributed by atoms with Gasteiger partial charge in [-0.3, -0.25) is 4.79 Å². The summed E-state index contributed by atoms with van der Waals surface area (Å²) < 4.78 is 37.7. The maximum absolute atomic E-state index is 12.6. The van der Waals surface area contributed by atoms with Gasteiger partial charge in [-0.05, 0) is 42.0 Å². The molecule has 0 unspecified atom stereocenters. The van der Waals surface area contributed by atoms with Crippen molar-refractivity contribution in [2.45, 2.75) is 18.6 Å². The molecule has 0 fully saturated rings. The summed E-state index contributed by atoms with van der Waals surface area (Å²) in [5.41, 5.74) is 0.0176. The Morgan fingerprint density at radius 2 is 1.65 bits per heavy atom. The summed E-state index contributed by atoms with van der Waals surface area (Å²) in [6.45, 7) is 0. The Hall–Kier alpha value is -3.34. The summed E-state index contributed by atoms with van der Waals surface area (Å²) in [6.07, 6.45) is -4.65. The van der Waals surface area contributed by atoms with Gasteiger partial charge in [-0.1, -0.05) is 12.1 Å². The number of nitrogens with zero attached hydrogens (tertiary/aromatic N) is 1. The molecule has 0 bridgehead atoms. The molecule has 2 N–H and O–H groups in total. The second kappa shape index (κ2) is 7.70. The zero-order valence-corrected chi connectivity index (χ0v) is 13.2. The predicted molar refractivity (Wildman–Crippen MR) is 85.2 cm³/mol. The zero-order valence-electron chi connectivity index (χ0n) is 13.2. The van der Waals surface area contributed by atoms with Crippen molar-refractivity contribution in [2.75, 3.05) is 0 Å². The molecule has 0 heterocycles. The summed E-state index contributed by atoms with van der Waals surface area (Å²) in [4.78, 5) is 23.5. The molecule has 134 valence electrons. The van der Waals surface area contributed by atoms with Gasteiger partial charge < -0.3 is 10.4 Å². The molecule has 2 aromatic carbocycles. The average molecular weight is 362 g/mol. The Kier molecular flexibility index (Phi) is 5.62. The third kappa shape index (κ3) is 4.83. The highest BCUT2D eigenvalue weighted by atomic mass is 19.4. The fourth-order valence-electron chi connectivity index (χ4n) is 2.20. The van der Waals surface area contributed by atoms with Crippen molar-refractivity contribution in [3.63, 3.8) is 0 Å². The van der Waals surface area contributed by atoms with Crippen LogP contribution in [0.1, 0.15) is 27.0 Å². The molecule has 0 spiro atoms. The maximum atomic E-state index is 12.6. The number of hydrogen-bond donors (Lipinski definition) is 2. The number of benzene rings is 2. The van der Waals surface area contributed by atoms with Gasteiger partial charge in [-0.25, -0.2) is 4.79 Å². The number of carbonyl (C=O) groups is 2. The Morgan fingerprint density at radius 1 is 1.08 bits per heavy atom. The lowest BCUT2D eigenvalue weighted by Gasteiger charge is -2.15. The molecule has 2 rings (SSSR count). The van der Waals surface area contributed by atoms with Crippen molar-refractivity contribution in [3.8, 4) is 6.07 Å². The molecule has 1 amide bonds. The number of nitriles is 1. The lowest BCUT2D eigenvalue weighted by Crippen LogP contribution is -2.42. The summed E-state index contributed by atoms with van der Waals surface area (Å²) in [6, 6.07) is 10.2. The van der Waals surface area contributed by atoms with E-state index in [9.17, 15) is 27.9 Å². The van der Waals surface area contributed by atoms with E-state index in [-0.39, 0.29) is 12.0 Å². The van der Waals surface area contributed by atoms with Gasteiger partial charge in [0, 0.05) is 12.0 Å². The van der Waals surface area contributed by atoms with Crippen molar-refractivity contribution >= 4 is 11.9 Å². The van der Waals surface area contributed by atoms with E-state index in [4.69, 9.17) is 5.26 Å². The minimum absolute atomic E-state index is 0.169. The van der Waals surface area contributed by atoms with Crippen molar-refractivity contribution < 1.29 is 27.9 Å². The van der Waals surface area contributed by atoms with Gasteiger partial charge >= 0.3 is 12.1 Å². The highest BCUT2D eigenvalue weighted by Gasteiger charge is 2.30. The molecular weight excluding hydrogens is 349 g/mol. The fourth-order valence-corrected chi connectivity index (χ4v) is 2.20. The summed E-state index contributed by atoms with van der Waals surface area (Å²) >= 11 is 0. The molecule has 0 saturated carbocycles. The largest absolute Gasteiger partial charge is 0.480 e. The first-order valence-electron chi connectivity index (χ1n) is 7.40. The third-order valence-corrected chi connectivity index (χ3v) is 3.60. The van der Waals surface area contributed by atoms with Crippen molar-refractivity contribution in [1.82, 2.24) is 5.32 Å². The molecule has 5 nitrogen and oxygen atoms in total. The van der Waals surface area contributed by atoms with Crippen LogP contribution >= 0.6 is 0 Å². The fraction of sp³-hybridized carbons (Fsp3) is 0.167. The van der Waals surface area contributed by atoms with Crippen LogP contribution in [0.2, 0.25) is 0 Å². The number of aliphatic carboxylic acids is 1. The number of halogens is 3. The molecule has 0 saturated heterocycles. The highest BCUT2D eigenvalue weighted by molar-refractivity contribution is 5.96. The van der Waals surface area contributed by atoms with E-state index < -0.39 is 29.7 Å². The predicted octanol–water partition coefficient (Wildman–Crippen LogP) is 3.00. The Morgan fingerprint density at radius 3 is 2.12 bits per heavy atom. The molecule has 0 aromatic heterocycles. The minimum Gasteiger partial charge on any atom is -0.480 e. The molecule has 2 aromatic rings. The van der Waals surface area contributed by atoms with E-state index >= 15 is 0 Å². The normalized spacial score (nSPS) is 12.1. The van der Waals surface area contributed by atoms with Crippen molar-refractivity contribution in [1.29, 1.82) is 5.26 Å². The number of carbonyl (C=O) groups excluding carboxylic acids is 1. The Bertz CT molecular complexity index is 838. The van der Waals surface area contributed by atoms with Gasteiger partial charge in [0.05, 0.1) is 17.2 Å². The van der Waals surface area contributed by atoms with Crippen LogP contribution in [0.4, 0.5) is 13.2 Å². The standard InChI is InChI=1S/C18H13F3N2O3/c19-18(20,21)14-7-3-11(4-8-14)9-15(17(25)26)23-16(24)13-5-1-12(10-22)2-6-13/h1-8,15H,9H2,(H,23,24)(H,25,26)/t15-/m0/s1. The van der Waals surface area contributed by atoms with Crippen LogP contribution in [0.25, 0.3) is 0 Å². The highest BCUT2D eigenvalue weighted by Crippen LogP contribution is 2.29. The lowest BCUT2D eigenvalue weighted by atomic mass is 10.0. The Labute approximate surface area is 146 Å². The number of carboxylic acid groups (broad SMARTS) is 1.